The Bertz CT molecular complexity index is 1180. The van der Waals surface area contributed by atoms with Gasteiger partial charge in [0, 0.05) is 33.8 Å². The fourth-order valence-electron chi connectivity index (χ4n) is 3.91. The molecule has 28 heavy (non-hydrogen) atoms. The summed E-state index contributed by atoms with van der Waals surface area (Å²) in [7, 11) is 0. The normalized spacial score (nSPS) is 13.2. The van der Waals surface area contributed by atoms with Crippen LogP contribution in [-0.4, -0.2) is 15.8 Å². The molecule has 1 aliphatic rings. The molecule has 1 amide bonds. The van der Waals surface area contributed by atoms with Crippen molar-refractivity contribution in [3.63, 3.8) is 0 Å². The molecule has 7 heteroatoms. The zero-order chi connectivity index (χ0) is 19.8. The van der Waals surface area contributed by atoms with Crippen LogP contribution >= 0.6 is 0 Å². The number of carbonyl (C=O) groups excluding carboxylic acids is 1. The Morgan fingerprint density at radius 1 is 1.14 bits per heavy atom. The van der Waals surface area contributed by atoms with Gasteiger partial charge in [-0.2, -0.15) is 0 Å². The van der Waals surface area contributed by atoms with Crippen LogP contribution in [0.25, 0.3) is 10.9 Å². The first-order valence-corrected chi connectivity index (χ1v) is 9.19. The SMILES string of the molecule is Cc1c(C(=O)Nc2ccc3c4c(c(=O)[nH]c3c2)CCCC4)cccc1[N+](=O)[O-]. The third kappa shape index (κ3) is 3.05. The Morgan fingerprint density at radius 3 is 2.64 bits per heavy atom. The number of benzene rings is 2. The second-order valence-electron chi connectivity index (χ2n) is 7.04. The number of amides is 1. The molecule has 0 atom stereocenters. The van der Waals surface area contributed by atoms with Gasteiger partial charge in [0.05, 0.1) is 10.4 Å². The van der Waals surface area contributed by atoms with Crippen molar-refractivity contribution in [2.24, 2.45) is 0 Å². The minimum Gasteiger partial charge on any atom is -0.322 e. The van der Waals surface area contributed by atoms with Gasteiger partial charge < -0.3 is 10.3 Å². The number of hydrogen-bond donors (Lipinski definition) is 2. The summed E-state index contributed by atoms with van der Waals surface area (Å²) in [6, 6.07) is 9.85. The average Bonchev–Trinajstić information content (AvgIpc) is 2.68. The number of pyridine rings is 1. The van der Waals surface area contributed by atoms with Crippen LogP contribution in [0.5, 0.6) is 0 Å². The van der Waals surface area contributed by atoms with E-state index in [0.717, 1.165) is 42.2 Å². The second-order valence-corrected chi connectivity index (χ2v) is 7.04. The zero-order valence-electron chi connectivity index (χ0n) is 15.4. The smallest absolute Gasteiger partial charge is 0.273 e. The van der Waals surface area contributed by atoms with Crippen molar-refractivity contribution in [1.29, 1.82) is 0 Å². The van der Waals surface area contributed by atoms with Crippen molar-refractivity contribution in [3.05, 3.63) is 79.1 Å². The number of aromatic amines is 1. The van der Waals surface area contributed by atoms with E-state index in [9.17, 15) is 19.7 Å². The summed E-state index contributed by atoms with van der Waals surface area (Å²) in [5.74, 6) is -0.430. The molecule has 0 spiro atoms. The number of fused-ring (bicyclic) bond motifs is 3. The number of H-pyrrole nitrogens is 1. The number of aromatic nitrogens is 1. The largest absolute Gasteiger partial charge is 0.322 e. The van der Waals surface area contributed by atoms with Gasteiger partial charge in [-0.3, -0.25) is 19.7 Å². The lowest BCUT2D eigenvalue weighted by Gasteiger charge is -2.17. The highest BCUT2D eigenvalue weighted by molar-refractivity contribution is 6.06. The van der Waals surface area contributed by atoms with Gasteiger partial charge in [-0.05, 0) is 56.4 Å². The van der Waals surface area contributed by atoms with Gasteiger partial charge in [0.25, 0.3) is 17.2 Å². The van der Waals surface area contributed by atoms with E-state index in [1.807, 2.05) is 6.07 Å². The summed E-state index contributed by atoms with van der Waals surface area (Å²) in [5.41, 5.74) is 3.55. The molecular weight excluding hydrogens is 358 g/mol. The predicted molar refractivity (Wildman–Crippen MR) is 107 cm³/mol. The van der Waals surface area contributed by atoms with Crippen molar-refractivity contribution in [3.8, 4) is 0 Å². The van der Waals surface area contributed by atoms with E-state index < -0.39 is 10.8 Å². The fourth-order valence-corrected chi connectivity index (χ4v) is 3.91. The molecule has 142 valence electrons. The summed E-state index contributed by atoms with van der Waals surface area (Å²) in [6.07, 6.45) is 3.77. The molecule has 2 aromatic carbocycles. The first-order valence-electron chi connectivity index (χ1n) is 9.19. The Hall–Kier alpha value is -3.48. The van der Waals surface area contributed by atoms with Crippen molar-refractivity contribution in [2.45, 2.75) is 32.6 Å². The molecule has 0 aliphatic heterocycles. The molecule has 1 aliphatic carbocycles. The standard InChI is InChI=1S/C21H19N3O4/c1-12-14(7-4-8-19(12)24(27)28)20(25)22-13-9-10-16-15-5-2-3-6-17(15)21(26)23-18(16)11-13/h4,7-11H,2-3,5-6H2,1H3,(H,22,25)(H,23,26). The van der Waals surface area contributed by atoms with Crippen LogP contribution in [0.15, 0.2) is 41.2 Å². The van der Waals surface area contributed by atoms with Crippen molar-refractivity contribution in [2.75, 3.05) is 5.32 Å². The lowest BCUT2D eigenvalue weighted by Crippen LogP contribution is -2.19. The Morgan fingerprint density at radius 2 is 1.89 bits per heavy atom. The number of nitro benzene ring substituents is 1. The third-order valence-electron chi connectivity index (χ3n) is 5.34. The molecule has 0 saturated carbocycles. The molecule has 0 unspecified atom stereocenters. The molecule has 2 N–H and O–H groups in total. The third-order valence-corrected chi connectivity index (χ3v) is 5.34. The number of hydrogen-bond acceptors (Lipinski definition) is 4. The number of rotatable bonds is 3. The summed E-state index contributed by atoms with van der Waals surface area (Å²) >= 11 is 0. The maximum absolute atomic E-state index is 12.6. The van der Waals surface area contributed by atoms with Crippen LogP contribution < -0.4 is 10.9 Å². The average molecular weight is 377 g/mol. The van der Waals surface area contributed by atoms with Crippen LogP contribution in [-0.2, 0) is 12.8 Å². The first-order chi connectivity index (χ1) is 13.5. The van der Waals surface area contributed by atoms with Crippen molar-refractivity contribution < 1.29 is 9.72 Å². The van der Waals surface area contributed by atoms with Crippen LogP contribution in [0, 0.1) is 17.0 Å². The van der Waals surface area contributed by atoms with E-state index in [1.54, 1.807) is 25.1 Å². The Labute approximate surface area is 160 Å². The summed E-state index contributed by atoms with van der Waals surface area (Å²) < 4.78 is 0. The van der Waals surface area contributed by atoms with Gasteiger partial charge in [-0.15, -0.1) is 0 Å². The lowest BCUT2D eigenvalue weighted by molar-refractivity contribution is -0.385. The number of nitrogens with one attached hydrogen (secondary N) is 2. The van der Waals surface area contributed by atoms with Crippen molar-refractivity contribution >= 4 is 28.2 Å². The zero-order valence-corrected chi connectivity index (χ0v) is 15.4. The number of nitro groups is 1. The topological polar surface area (TPSA) is 105 Å². The van der Waals surface area contributed by atoms with Gasteiger partial charge >= 0.3 is 0 Å². The Balaban J connectivity index is 1.69. The van der Waals surface area contributed by atoms with Gasteiger partial charge in [0.2, 0.25) is 0 Å². The van der Waals surface area contributed by atoms with Gasteiger partial charge in [0.1, 0.15) is 0 Å². The first kappa shape index (κ1) is 17.9. The maximum Gasteiger partial charge on any atom is 0.273 e. The van der Waals surface area contributed by atoms with E-state index >= 15 is 0 Å². The van der Waals surface area contributed by atoms with E-state index in [0.29, 0.717) is 16.8 Å². The highest BCUT2D eigenvalue weighted by atomic mass is 16.6. The molecule has 0 radical (unpaired) electrons. The van der Waals surface area contributed by atoms with Gasteiger partial charge in [-0.25, -0.2) is 0 Å². The van der Waals surface area contributed by atoms with Crippen LogP contribution in [0.4, 0.5) is 11.4 Å². The molecule has 3 aromatic rings. The monoisotopic (exact) mass is 377 g/mol. The molecule has 0 bridgehead atoms. The predicted octanol–water partition coefficient (Wildman–Crippen LogP) is 3.88. The van der Waals surface area contributed by atoms with Crippen LogP contribution in [0.3, 0.4) is 0 Å². The van der Waals surface area contributed by atoms with E-state index in [2.05, 4.69) is 10.3 Å². The highest BCUT2D eigenvalue weighted by Crippen LogP contribution is 2.28. The molecule has 4 rings (SSSR count). The second kappa shape index (κ2) is 6.92. The van der Waals surface area contributed by atoms with Gasteiger partial charge in [-0.1, -0.05) is 12.1 Å². The van der Waals surface area contributed by atoms with Crippen molar-refractivity contribution in [1.82, 2.24) is 4.98 Å². The van der Waals surface area contributed by atoms with E-state index in [-0.39, 0.29) is 16.8 Å². The highest BCUT2D eigenvalue weighted by Gasteiger charge is 2.19. The van der Waals surface area contributed by atoms with Crippen LogP contribution in [0.1, 0.15) is 39.9 Å². The number of anilines is 1. The minimum absolute atomic E-state index is 0.0693. The van der Waals surface area contributed by atoms with Gasteiger partial charge in [0.15, 0.2) is 0 Å². The fraction of sp³-hybridized carbons (Fsp3) is 0.238. The Kier molecular flexibility index (Phi) is 4.43. The molecular formula is C21H19N3O4. The molecule has 0 fully saturated rings. The number of carbonyl (C=O) groups is 1. The van der Waals surface area contributed by atoms with E-state index in [1.165, 1.54) is 12.1 Å². The molecule has 7 nitrogen and oxygen atoms in total. The number of nitrogens with zero attached hydrogens (tertiary/aromatic N) is 1. The van der Waals surface area contributed by atoms with E-state index in [4.69, 9.17) is 0 Å². The molecule has 1 heterocycles. The number of aryl methyl sites for hydroxylation is 1. The quantitative estimate of drug-likeness (QED) is 0.534. The lowest BCUT2D eigenvalue weighted by atomic mass is 9.90. The summed E-state index contributed by atoms with van der Waals surface area (Å²) in [5, 5.41) is 14.9. The summed E-state index contributed by atoms with van der Waals surface area (Å²) in [4.78, 5) is 38.5. The summed E-state index contributed by atoms with van der Waals surface area (Å²) in [6.45, 7) is 1.55. The molecule has 1 aromatic heterocycles. The maximum atomic E-state index is 12.6. The minimum atomic E-state index is -0.504. The molecule has 0 saturated heterocycles. The van der Waals surface area contributed by atoms with Crippen LogP contribution in [0.2, 0.25) is 0 Å².